The summed E-state index contributed by atoms with van der Waals surface area (Å²) in [4.78, 5) is 11.8. The summed E-state index contributed by atoms with van der Waals surface area (Å²) in [5, 5.41) is 0.147. The fourth-order valence-electron chi connectivity index (χ4n) is 2.34. The van der Waals surface area contributed by atoms with Crippen LogP contribution in [0.3, 0.4) is 0 Å². The molecule has 0 aliphatic heterocycles. The molecule has 0 N–H and O–H groups in total. The Morgan fingerprint density at radius 1 is 1.33 bits per heavy atom. The predicted octanol–water partition coefficient (Wildman–Crippen LogP) is 5.16. The first-order valence-electron chi connectivity index (χ1n) is 7.64. The lowest BCUT2D eigenvalue weighted by molar-refractivity contribution is -0.125. The van der Waals surface area contributed by atoms with Gasteiger partial charge in [0.25, 0.3) is 8.32 Å². The summed E-state index contributed by atoms with van der Waals surface area (Å²) in [7, 11) is -1.89. The van der Waals surface area contributed by atoms with Gasteiger partial charge in [-0.05, 0) is 36.2 Å². The van der Waals surface area contributed by atoms with Gasteiger partial charge in [-0.1, -0.05) is 45.6 Å². The van der Waals surface area contributed by atoms with Crippen molar-refractivity contribution in [3.63, 3.8) is 0 Å². The number of hydrogen-bond donors (Lipinski definition) is 0. The van der Waals surface area contributed by atoms with Crippen LogP contribution in [-0.2, 0) is 4.79 Å². The van der Waals surface area contributed by atoms with Gasteiger partial charge in [0.05, 0.1) is 0 Å². The van der Waals surface area contributed by atoms with E-state index in [1.54, 1.807) is 0 Å². The SMILES string of the molecule is C=Cc1c(O[Si](C)(C)C(C)(C)C)cccc1C1CCC1=O. The van der Waals surface area contributed by atoms with Crippen LogP contribution in [0.15, 0.2) is 24.8 Å². The van der Waals surface area contributed by atoms with E-state index in [0.29, 0.717) is 12.2 Å². The maximum Gasteiger partial charge on any atom is 0.250 e. The van der Waals surface area contributed by atoms with E-state index in [9.17, 15) is 4.79 Å². The molecule has 3 heteroatoms. The van der Waals surface area contributed by atoms with Crippen molar-refractivity contribution in [2.75, 3.05) is 0 Å². The van der Waals surface area contributed by atoms with Crippen LogP contribution >= 0.6 is 0 Å². The molecule has 2 nitrogen and oxygen atoms in total. The number of ketones is 1. The van der Waals surface area contributed by atoms with Crippen molar-refractivity contribution in [2.24, 2.45) is 0 Å². The Balaban J connectivity index is 2.39. The highest BCUT2D eigenvalue weighted by atomic mass is 28.4. The topological polar surface area (TPSA) is 26.3 Å². The molecule has 1 unspecified atom stereocenters. The molecular weight excluding hydrogens is 276 g/mol. The molecule has 0 spiro atoms. The molecule has 0 radical (unpaired) electrons. The van der Waals surface area contributed by atoms with Crippen LogP contribution in [0.25, 0.3) is 6.08 Å². The van der Waals surface area contributed by atoms with Gasteiger partial charge in [-0.15, -0.1) is 0 Å². The number of Topliss-reactive ketones (excluding diaryl/α,β-unsaturated/α-hetero) is 1. The minimum absolute atomic E-state index is 0.0426. The van der Waals surface area contributed by atoms with Gasteiger partial charge in [-0.25, -0.2) is 0 Å². The minimum Gasteiger partial charge on any atom is -0.543 e. The van der Waals surface area contributed by atoms with Crippen LogP contribution in [0, 0.1) is 0 Å². The highest BCUT2D eigenvalue weighted by Gasteiger charge is 2.40. The van der Waals surface area contributed by atoms with Crippen LogP contribution in [0.4, 0.5) is 0 Å². The zero-order valence-corrected chi connectivity index (χ0v) is 14.8. The van der Waals surface area contributed by atoms with Crippen molar-refractivity contribution in [3.8, 4) is 5.75 Å². The molecule has 0 heterocycles. The molecule has 1 aromatic carbocycles. The van der Waals surface area contributed by atoms with Crippen molar-refractivity contribution in [2.45, 2.75) is 57.7 Å². The molecule has 1 aliphatic carbocycles. The van der Waals surface area contributed by atoms with Gasteiger partial charge in [0.15, 0.2) is 0 Å². The van der Waals surface area contributed by atoms with Gasteiger partial charge in [-0.3, -0.25) is 4.79 Å². The van der Waals surface area contributed by atoms with Gasteiger partial charge in [0.2, 0.25) is 0 Å². The van der Waals surface area contributed by atoms with Crippen LogP contribution < -0.4 is 4.43 Å². The Morgan fingerprint density at radius 3 is 2.43 bits per heavy atom. The Labute approximate surface area is 129 Å². The third-order valence-electron chi connectivity index (χ3n) is 4.92. The van der Waals surface area contributed by atoms with Crippen LogP contribution in [0.5, 0.6) is 5.75 Å². The zero-order valence-electron chi connectivity index (χ0n) is 13.8. The lowest BCUT2D eigenvalue weighted by Gasteiger charge is -2.37. The van der Waals surface area contributed by atoms with Crippen molar-refractivity contribution in [3.05, 3.63) is 35.9 Å². The molecule has 1 saturated carbocycles. The summed E-state index contributed by atoms with van der Waals surface area (Å²) in [6.07, 6.45) is 3.49. The lowest BCUT2D eigenvalue weighted by atomic mass is 9.77. The summed E-state index contributed by atoms with van der Waals surface area (Å²) in [5.74, 6) is 1.26. The summed E-state index contributed by atoms with van der Waals surface area (Å²) >= 11 is 0. The molecule has 1 atom stereocenters. The van der Waals surface area contributed by atoms with E-state index in [1.807, 2.05) is 24.3 Å². The highest BCUT2D eigenvalue weighted by molar-refractivity contribution is 6.74. The molecule has 0 saturated heterocycles. The first-order valence-corrected chi connectivity index (χ1v) is 10.6. The average molecular weight is 302 g/mol. The average Bonchev–Trinajstić information content (AvgIpc) is 2.35. The second-order valence-electron chi connectivity index (χ2n) is 7.38. The monoisotopic (exact) mass is 302 g/mol. The van der Waals surface area contributed by atoms with Crippen molar-refractivity contribution in [1.82, 2.24) is 0 Å². The quantitative estimate of drug-likeness (QED) is 0.718. The van der Waals surface area contributed by atoms with E-state index in [4.69, 9.17) is 4.43 Å². The third kappa shape index (κ3) is 2.98. The number of hydrogen-bond acceptors (Lipinski definition) is 2. The number of carbonyl (C=O) groups excluding carboxylic acids is 1. The Bertz CT molecular complexity index is 567. The predicted molar refractivity (Wildman–Crippen MR) is 91.3 cm³/mol. The Hall–Kier alpha value is -1.35. The van der Waals surface area contributed by atoms with Crippen LogP contribution in [0.1, 0.15) is 50.7 Å². The molecule has 1 aromatic rings. The van der Waals surface area contributed by atoms with Crippen LogP contribution in [0.2, 0.25) is 18.1 Å². The van der Waals surface area contributed by atoms with Gasteiger partial charge in [0, 0.05) is 17.9 Å². The molecule has 1 aliphatic rings. The normalized spacial score (nSPS) is 19.1. The minimum atomic E-state index is -1.89. The molecule has 21 heavy (non-hydrogen) atoms. The maximum absolute atomic E-state index is 11.8. The van der Waals surface area contributed by atoms with E-state index >= 15 is 0 Å². The Morgan fingerprint density at radius 2 is 2.00 bits per heavy atom. The van der Waals surface area contributed by atoms with Gasteiger partial charge in [0.1, 0.15) is 11.5 Å². The molecule has 1 fully saturated rings. The van der Waals surface area contributed by atoms with E-state index < -0.39 is 8.32 Å². The fraction of sp³-hybridized carbons (Fsp3) is 0.500. The first kappa shape index (κ1) is 16.0. The van der Waals surface area contributed by atoms with Gasteiger partial charge in [-0.2, -0.15) is 0 Å². The summed E-state index contributed by atoms with van der Waals surface area (Å²) < 4.78 is 6.44. The van der Waals surface area contributed by atoms with E-state index in [0.717, 1.165) is 23.3 Å². The number of benzene rings is 1. The van der Waals surface area contributed by atoms with Crippen molar-refractivity contribution >= 4 is 20.2 Å². The molecule has 114 valence electrons. The standard InChI is InChI=1S/C18H26O2Si/c1-7-13-14(15-11-12-16(15)19)9-8-10-17(13)20-21(5,6)18(2,3)4/h7-10,15H,1,11-12H2,2-6H3. The largest absolute Gasteiger partial charge is 0.543 e. The molecule has 0 bridgehead atoms. The fourth-order valence-corrected chi connectivity index (χ4v) is 3.37. The van der Waals surface area contributed by atoms with E-state index in [1.165, 1.54) is 0 Å². The summed E-state index contributed by atoms with van der Waals surface area (Å²) in [6.45, 7) is 15.1. The summed E-state index contributed by atoms with van der Waals surface area (Å²) in [5.41, 5.74) is 2.08. The second-order valence-corrected chi connectivity index (χ2v) is 12.1. The second kappa shape index (κ2) is 5.45. The van der Waals surface area contributed by atoms with Crippen molar-refractivity contribution in [1.29, 1.82) is 0 Å². The lowest BCUT2D eigenvalue weighted by Crippen LogP contribution is -2.44. The highest BCUT2D eigenvalue weighted by Crippen LogP contribution is 2.42. The van der Waals surface area contributed by atoms with E-state index in [-0.39, 0.29) is 11.0 Å². The first-order chi connectivity index (χ1) is 9.67. The number of carbonyl (C=O) groups is 1. The molecule has 0 aromatic heterocycles. The smallest absolute Gasteiger partial charge is 0.250 e. The summed E-state index contributed by atoms with van der Waals surface area (Å²) in [6, 6.07) is 6.04. The third-order valence-corrected chi connectivity index (χ3v) is 9.26. The van der Waals surface area contributed by atoms with Crippen LogP contribution in [-0.4, -0.2) is 14.1 Å². The van der Waals surface area contributed by atoms with E-state index in [2.05, 4.69) is 40.4 Å². The zero-order chi connectivity index (χ0) is 15.8. The van der Waals surface area contributed by atoms with Crippen molar-refractivity contribution < 1.29 is 9.22 Å². The number of rotatable bonds is 4. The maximum atomic E-state index is 11.8. The van der Waals surface area contributed by atoms with Gasteiger partial charge >= 0.3 is 0 Å². The Kier molecular flexibility index (Phi) is 4.16. The van der Waals surface area contributed by atoms with Gasteiger partial charge < -0.3 is 4.43 Å². The molecular formula is C18H26O2Si. The molecule has 0 amide bonds. The molecule has 2 rings (SSSR count).